The number of rotatable bonds is 5. The van der Waals surface area contributed by atoms with Crippen molar-refractivity contribution in [1.29, 1.82) is 0 Å². The summed E-state index contributed by atoms with van der Waals surface area (Å²) >= 11 is 3.39. The molecular formula is C17H17BrN2O2. The molecule has 114 valence electrons. The van der Waals surface area contributed by atoms with Crippen LogP contribution in [0.5, 0.6) is 0 Å². The Morgan fingerprint density at radius 3 is 2.50 bits per heavy atom. The van der Waals surface area contributed by atoms with Crippen LogP contribution in [0.2, 0.25) is 0 Å². The third-order valence-electron chi connectivity index (χ3n) is 3.21. The van der Waals surface area contributed by atoms with Crippen LogP contribution >= 0.6 is 15.9 Å². The van der Waals surface area contributed by atoms with Crippen molar-refractivity contribution in [3.05, 3.63) is 58.1 Å². The highest BCUT2D eigenvalue weighted by Crippen LogP contribution is 2.20. The van der Waals surface area contributed by atoms with Gasteiger partial charge in [-0.1, -0.05) is 28.1 Å². The Bertz CT molecular complexity index is 714. The summed E-state index contributed by atoms with van der Waals surface area (Å²) in [6.07, 6.45) is 0. The number of aryl methyl sites for hydroxylation is 1. The van der Waals surface area contributed by atoms with E-state index in [1.165, 1.54) is 6.92 Å². The number of amides is 1. The van der Waals surface area contributed by atoms with Crippen molar-refractivity contribution in [3.63, 3.8) is 0 Å². The molecule has 0 heterocycles. The van der Waals surface area contributed by atoms with E-state index in [4.69, 9.17) is 0 Å². The molecule has 0 saturated carbocycles. The van der Waals surface area contributed by atoms with E-state index in [-0.39, 0.29) is 18.2 Å². The maximum atomic E-state index is 12.0. The van der Waals surface area contributed by atoms with Gasteiger partial charge in [0.2, 0.25) is 5.91 Å². The molecule has 5 heteroatoms. The van der Waals surface area contributed by atoms with Crippen molar-refractivity contribution in [2.45, 2.75) is 13.8 Å². The van der Waals surface area contributed by atoms with Gasteiger partial charge in [-0.3, -0.25) is 9.59 Å². The summed E-state index contributed by atoms with van der Waals surface area (Å²) in [5, 5.41) is 5.85. The standard InChI is InChI=1S/C17H17BrN2O2/c1-11-9-13(18)7-8-15(11)20-17(22)10-19-16-6-4-3-5-14(16)12(2)21/h3-9,19H,10H2,1-2H3,(H,20,22). The Balaban J connectivity index is 2.00. The normalized spacial score (nSPS) is 10.1. The number of anilines is 2. The number of halogens is 1. The van der Waals surface area contributed by atoms with Gasteiger partial charge in [-0.25, -0.2) is 0 Å². The number of hydrogen-bond donors (Lipinski definition) is 2. The molecule has 2 aromatic rings. The first kappa shape index (κ1) is 16.2. The molecular weight excluding hydrogens is 344 g/mol. The number of ketones is 1. The van der Waals surface area contributed by atoms with Crippen LogP contribution in [-0.2, 0) is 4.79 Å². The number of hydrogen-bond acceptors (Lipinski definition) is 3. The highest BCUT2D eigenvalue weighted by atomic mass is 79.9. The minimum absolute atomic E-state index is 0.0349. The molecule has 0 aromatic heterocycles. The second-order valence-electron chi connectivity index (χ2n) is 4.96. The van der Waals surface area contributed by atoms with Crippen LogP contribution in [0.4, 0.5) is 11.4 Å². The van der Waals surface area contributed by atoms with Gasteiger partial charge in [0.05, 0.1) is 6.54 Å². The predicted octanol–water partition coefficient (Wildman–Crippen LogP) is 4.01. The first-order chi connectivity index (χ1) is 10.5. The molecule has 2 aromatic carbocycles. The largest absolute Gasteiger partial charge is 0.376 e. The number of Topliss-reactive ketones (excluding diaryl/α,β-unsaturated/α-hetero) is 1. The minimum atomic E-state index is -0.163. The van der Waals surface area contributed by atoms with E-state index in [1.807, 2.05) is 31.2 Å². The van der Waals surface area contributed by atoms with E-state index in [0.717, 1.165) is 15.7 Å². The third kappa shape index (κ3) is 4.18. The van der Waals surface area contributed by atoms with Gasteiger partial charge in [-0.15, -0.1) is 0 Å². The summed E-state index contributed by atoms with van der Waals surface area (Å²) in [6.45, 7) is 3.53. The van der Waals surface area contributed by atoms with Crippen LogP contribution in [0.3, 0.4) is 0 Å². The van der Waals surface area contributed by atoms with Crippen molar-refractivity contribution < 1.29 is 9.59 Å². The zero-order chi connectivity index (χ0) is 16.1. The molecule has 2 rings (SSSR count). The molecule has 2 N–H and O–H groups in total. The number of carbonyl (C=O) groups excluding carboxylic acids is 2. The molecule has 22 heavy (non-hydrogen) atoms. The first-order valence-corrected chi connectivity index (χ1v) is 7.66. The van der Waals surface area contributed by atoms with E-state index in [0.29, 0.717) is 11.3 Å². The average molecular weight is 361 g/mol. The van der Waals surface area contributed by atoms with E-state index >= 15 is 0 Å². The van der Waals surface area contributed by atoms with E-state index < -0.39 is 0 Å². The van der Waals surface area contributed by atoms with Gasteiger partial charge in [0.15, 0.2) is 5.78 Å². The van der Waals surface area contributed by atoms with Gasteiger partial charge in [-0.05, 0) is 49.7 Å². The zero-order valence-corrected chi connectivity index (χ0v) is 14.0. The number of para-hydroxylation sites is 1. The smallest absolute Gasteiger partial charge is 0.243 e. The van der Waals surface area contributed by atoms with Crippen LogP contribution in [0.15, 0.2) is 46.9 Å². The zero-order valence-electron chi connectivity index (χ0n) is 12.4. The van der Waals surface area contributed by atoms with Crippen molar-refractivity contribution in [2.75, 3.05) is 17.2 Å². The van der Waals surface area contributed by atoms with Crippen molar-refractivity contribution >= 4 is 39.0 Å². The van der Waals surface area contributed by atoms with Crippen LogP contribution in [-0.4, -0.2) is 18.2 Å². The quantitative estimate of drug-likeness (QED) is 0.792. The molecule has 0 saturated heterocycles. The summed E-state index contributed by atoms with van der Waals surface area (Å²) in [7, 11) is 0. The first-order valence-electron chi connectivity index (χ1n) is 6.87. The van der Waals surface area contributed by atoms with Gasteiger partial charge in [-0.2, -0.15) is 0 Å². The third-order valence-corrected chi connectivity index (χ3v) is 3.70. The lowest BCUT2D eigenvalue weighted by atomic mass is 10.1. The molecule has 0 fully saturated rings. The van der Waals surface area contributed by atoms with Gasteiger partial charge in [0.1, 0.15) is 0 Å². The Morgan fingerprint density at radius 1 is 1.09 bits per heavy atom. The molecule has 0 aliphatic heterocycles. The van der Waals surface area contributed by atoms with Crippen LogP contribution in [0, 0.1) is 6.92 Å². The molecule has 0 unspecified atom stereocenters. The second kappa shape index (κ2) is 7.22. The minimum Gasteiger partial charge on any atom is -0.376 e. The fourth-order valence-electron chi connectivity index (χ4n) is 2.08. The maximum Gasteiger partial charge on any atom is 0.243 e. The summed E-state index contributed by atoms with van der Waals surface area (Å²) in [5.41, 5.74) is 2.99. The predicted molar refractivity (Wildman–Crippen MR) is 92.4 cm³/mol. The van der Waals surface area contributed by atoms with Crippen molar-refractivity contribution in [1.82, 2.24) is 0 Å². The summed E-state index contributed by atoms with van der Waals surface area (Å²) in [5.74, 6) is -0.198. The second-order valence-corrected chi connectivity index (χ2v) is 5.88. The van der Waals surface area contributed by atoms with Crippen LogP contribution < -0.4 is 10.6 Å². The lowest BCUT2D eigenvalue weighted by Crippen LogP contribution is -2.22. The molecule has 0 radical (unpaired) electrons. The molecule has 4 nitrogen and oxygen atoms in total. The van der Waals surface area contributed by atoms with Crippen molar-refractivity contribution in [2.24, 2.45) is 0 Å². The van der Waals surface area contributed by atoms with E-state index in [9.17, 15) is 9.59 Å². The molecule has 1 amide bonds. The molecule has 0 atom stereocenters. The van der Waals surface area contributed by atoms with Gasteiger partial charge in [0, 0.05) is 21.4 Å². The number of carbonyl (C=O) groups is 2. The Kier molecular flexibility index (Phi) is 5.33. The highest BCUT2D eigenvalue weighted by molar-refractivity contribution is 9.10. The highest BCUT2D eigenvalue weighted by Gasteiger charge is 2.09. The van der Waals surface area contributed by atoms with Gasteiger partial charge in [0.25, 0.3) is 0 Å². The summed E-state index contributed by atoms with van der Waals surface area (Å²) < 4.78 is 0.969. The van der Waals surface area contributed by atoms with Crippen molar-refractivity contribution in [3.8, 4) is 0 Å². The fourth-order valence-corrected chi connectivity index (χ4v) is 2.56. The number of nitrogens with one attached hydrogen (secondary N) is 2. The lowest BCUT2D eigenvalue weighted by molar-refractivity contribution is -0.114. The Morgan fingerprint density at radius 2 is 1.82 bits per heavy atom. The average Bonchev–Trinajstić information content (AvgIpc) is 2.48. The summed E-state index contributed by atoms with van der Waals surface area (Å²) in [4.78, 5) is 23.6. The Labute approximate surface area is 138 Å². The molecule has 0 bridgehead atoms. The maximum absolute atomic E-state index is 12.0. The molecule has 0 spiro atoms. The van der Waals surface area contributed by atoms with Crippen LogP contribution in [0.1, 0.15) is 22.8 Å². The van der Waals surface area contributed by atoms with Crippen LogP contribution in [0.25, 0.3) is 0 Å². The van der Waals surface area contributed by atoms with Gasteiger partial charge < -0.3 is 10.6 Å². The lowest BCUT2D eigenvalue weighted by Gasteiger charge is -2.12. The van der Waals surface area contributed by atoms with E-state index in [2.05, 4.69) is 26.6 Å². The SMILES string of the molecule is CC(=O)c1ccccc1NCC(=O)Nc1ccc(Br)cc1C. The Hall–Kier alpha value is -2.14. The molecule has 0 aliphatic rings. The van der Waals surface area contributed by atoms with E-state index in [1.54, 1.807) is 18.2 Å². The molecule has 0 aliphatic carbocycles. The van der Waals surface area contributed by atoms with Gasteiger partial charge >= 0.3 is 0 Å². The monoisotopic (exact) mass is 360 g/mol. The number of benzene rings is 2. The fraction of sp³-hybridized carbons (Fsp3) is 0.176. The summed E-state index contributed by atoms with van der Waals surface area (Å²) in [6, 6.07) is 12.8. The topological polar surface area (TPSA) is 58.2 Å².